The van der Waals surface area contributed by atoms with E-state index in [1.165, 1.54) is 4.90 Å². The van der Waals surface area contributed by atoms with Crippen molar-refractivity contribution in [3.63, 3.8) is 0 Å². The van der Waals surface area contributed by atoms with Gasteiger partial charge >= 0.3 is 6.03 Å². The van der Waals surface area contributed by atoms with Crippen LogP contribution in [0, 0.1) is 0 Å². The molecule has 0 aromatic heterocycles. The van der Waals surface area contributed by atoms with Gasteiger partial charge in [0.15, 0.2) is 0 Å². The minimum absolute atomic E-state index is 0.113. The van der Waals surface area contributed by atoms with E-state index in [4.69, 9.17) is 4.74 Å². The third kappa shape index (κ3) is 4.31. The summed E-state index contributed by atoms with van der Waals surface area (Å²) < 4.78 is 5.13. The molecule has 1 aliphatic heterocycles. The highest BCUT2D eigenvalue weighted by Crippen LogP contribution is 2.25. The van der Waals surface area contributed by atoms with Gasteiger partial charge in [0.05, 0.1) is 13.2 Å². The largest absolute Gasteiger partial charge is 0.497 e. The van der Waals surface area contributed by atoms with Crippen molar-refractivity contribution in [2.24, 2.45) is 0 Å². The number of carbonyl (C=O) groups is 3. The summed E-state index contributed by atoms with van der Waals surface area (Å²) in [7, 11) is 1.55. The van der Waals surface area contributed by atoms with Crippen LogP contribution in [0.4, 0.5) is 10.5 Å². The molecule has 146 valence electrons. The zero-order chi connectivity index (χ0) is 20.1. The summed E-state index contributed by atoms with van der Waals surface area (Å²) in [6.07, 6.45) is 0.347. The van der Waals surface area contributed by atoms with Gasteiger partial charge in [-0.3, -0.25) is 14.5 Å². The van der Waals surface area contributed by atoms with Crippen LogP contribution in [0.5, 0.6) is 5.75 Å². The zero-order valence-corrected chi connectivity index (χ0v) is 15.8. The minimum Gasteiger partial charge on any atom is -0.497 e. The van der Waals surface area contributed by atoms with E-state index in [0.29, 0.717) is 11.4 Å². The molecule has 1 saturated heterocycles. The number of nitrogens with one attached hydrogen (secondary N) is 2. The smallest absolute Gasteiger partial charge is 0.325 e. The van der Waals surface area contributed by atoms with Crippen LogP contribution in [0.3, 0.4) is 0 Å². The number of hydrogen-bond acceptors (Lipinski definition) is 4. The monoisotopic (exact) mass is 381 g/mol. The predicted octanol–water partition coefficient (Wildman–Crippen LogP) is 3.10. The minimum atomic E-state index is -0.699. The number of rotatable bonds is 7. The molecule has 7 nitrogen and oxygen atoms in total. The van der Waals surface area contributed by atoms with Gasteiger partial charge in [0.2, 0.25) is 5.91 Å². The Balaban J connectivity index is 1.57. The third-order valence-corrected chi connectivity index (χ3v) is 4.73. The lowest BCUT2D eigenvalue weighted by atomic mass is 10.1. The quantitative estimate of drug-likeness (QED) is 0.722. The molecule has 0 bridgehead atoms. The normalized spacial score (nSPS) is 17.2. The fourth-order valence-electron chi connectivity index (χ4n) is 3.19. The van der Waals surface area contributed by atoms with Gasteiger partial charge in [-0.15, -0.1) is 0 Å². The Hall–Kier alpha value is -3.35. The Kier molecular flexibility index (Phi) is 5.93. The van der Waals surface area contributed by atoms with Crippen molar-refractivity contribution in [3.05, 3.63) is 60.2 Å². The van der Waals surface area contributed by atoms with Crippen molar-refractivity contribution in [2.75, 3.05) is 12.4 Å². The van der Waals surface area contributed by atoms with Gasteiger partial charge < -0.3 is 15.4 Å². The molecule has 0 spiro atoms. The van der Waals surface area contributed by atoms with Crippen LogP contribution in [0.1, 0.15) is 31.4 Å². The van der Waals surface area contributed by atoms with Gasteiger partial charge in [-0.25, -0.2) is 4.79 Å². The second-order valence-corrected chi connectivity index (χ2v) is 6.62. The van der Waals surface area contributed by atoms with Crippen LogP contribution >= 0.6 is 0 Å². The average molecular weight is 381 g/mol. The van der Waals surface area contributed by atoms with E-state index in [1.54, 1.807) is 31.4 Å². The molecule has 0 radical (unpaired) electrons. The number of carbonyl (C=O) groups excluding carboxylic acids is 3. The molecule has 1 fully saturated rings. The Morgan fingerprint density at radius 1 is 1.18 bits per heavy atom. The summed E-state index contributed by atoms with van der Waals surface area (Å²) in [6, 6.07) is 14.9. The highest BCUT2D eigenvalue weighted by molar-refractivity contribution is 6.05. The average Bonchev–Trinajstić information content (AvgIpc) is 3.00. The number of nitrogens with zero attached hydrogens (tertiary/aromatic N) is 1. The summed E-state index contributed by atoms with van der Waals surface area (Å²) in [5, 5.41) is 5.45. The zero-order valence-electron chi connectivity index (χ0n) is 15.8. The van der Waals surface area contributed by atoms with E-state index < -0.39 is 12.1 Å². The molecule has 1 heterocycles. The number of anilines is 1. The molecular formula is C21H23N3O4. The molecule has 2 N–H and O–H groups in total. The number of amides is 4. The Morgan fingerprint density at radius 2 is 1.93 bits per heavy atom. The van der Waals surface area contributed by atoms with E-state index in [9.17, 15) is 14.4 Å². The number of imide groups is 1. The van der Waals surface area contributed by atoms with Crippen molar-refractivity contribution in [1.82, 2.24) is 10.2 Å². The maximum Gasteiger partial charge on any atom is 0.325 e. The molecular weight excluding hydrogens is 358 g/mol. The van der Waals surface area contributed by atoms with Crippen molar-refractivity contribution >= 4 is 23.5 Å². The molecule has 0 unspecified atom stereocenters. The summed E-state index contributed by atoms with van der Waals surface area (Å²) in [4.78, 5) is 38.4. The van der Waals surface area contributed by atoms with Crippen molar-refractivity contribution in [2.45, 2.75) is 31.8 Å². The first-order chi connectivity index (χ1) is 13.5. The number of ether oxygens (including phenoxy) is 1. The molecule has 2 aromatic carbocycles. The van der Waals surface area contributed by atoms with Crippen LogP contribution in [-0.2, 0) is 9.59 Å². The molecule has 0 saturated carbocycles. The highest BCUT2D eigenvalue weighted by atomic mass is 16.5. The first-order valence-corrected chi connectivity index (χ1v) is 9.12. The van der Waals surface area contributed by atoms with Gasteiger partial charge in [-0.1, -0.05) is 36.4 Å². The molecule has 1 aliphatic rings. The lowest BCUT2D eigenvalue weighted by molar-refractivity contribution is -0.129. The predicted molar refractivity (Wildman–Crippen MR) is 105 cm³/mol. The van der Waals surface area contributed by atoms with Crippen LogP contribution < -0.4 is 15.4 Å². The lowest BCUT2D eigenvalue weighted by Gasteiger charge is -2.21. The van der Waals surface area contributed by atoms with Gasteiger partial charge in [0.1, 0.15) is 11.8 Å². The molecule has 28 heavy (non-hydrogen) atoms. The first kappa shape index (κ1) is 19.4. The number of benzene rings is 2. The van der Waals surface area contributed by atoms with Gasteiger partial charge in [0, 0.05) is 18.2 Å². The standard InChI is InChI=1S/C21H23N3O4/c1-14(15-7-4-3-5-8-15)24-20(26)18(23-21(24)27)11-12-19(25)22-16-9-6-10-17(13-16)28-2/h3-10,13-14,18H,11-12H2,1-2H3,(H,22,25)(H,23,27)/t14-,18-/m1/s1. The second-order valence-electron chi connectivity index (χ2n) is 6.62. The van der Waals surface area contributed by atoms with E-state index in [1.807, 2.05) is 37.3 Å². The summed E-state index contributed by atoms with van der Waals surface area (Å²) in [5.41, 5.74) is 1.49. The van der Waals surface area contributed by atoms with Gasteiger partial charge in [-0.05, 0) is 31.0 Å². The van der Waals surface area contributed by atoms with Crippen LogP contribution in [0.25, 0.3) is 0 Å². The second kappa shape index (κ2) is 8.56. The molecule has 4 amide bonds. The highest BCUT2D eigenvalue weighted by Gasteiger charge is 2.40. The topological polar surface area (TPSA) is 87.7 Å². The van der Waals surface area contributed by atoms with Gasteiger partial charge in [0.25, 0.3) is 5.91 Å². The number of methoxy groups -OCH3 is 1. The fourth-order valence-corrected chi connectivity index (χ4v) is 3.19. The first-order valence-electron chi connectivity index (χ1n) is 9.12. The van der Waals surface area contributed by atoms with E-state index in [2.05, 4.69) is 10.6 Å². The SMILES string of the molecule is COc1cccc(NC(=O)CC[C@H]2NC(=O)N([C@H](C)c3ccccc3)C2=O)c1. The van der Waals surface area contributed by atoms with Crippen LogP contribution in [-0.4, -0.2) is 35.9 Å². The molecule has 7 heteroatoms. The molecule has 3 rings (SSSR count). The lowest BCUT2D eigenvalue weighted by Crippen LogP contribution is -2.34. The van der Waals surface area contributed by atoms with Crippen molar-refractivity contribution in [3.8, 4) is 5.75 Å². The van der Waals surface area contributed by atoms with Gasteiger partial charge in [-0.2, -0.15) is 0 Å². The third-order valence-electron chi connectivity index (χ3n) is 4.73. The Bertz CT molecular complexity index is 869. The van der Waals surface area contributed by atoms with E-state index in [-0.39, 0.29) is 30.7 Å². The molecule has 2 atom stereocenters. The van der Waals surface area contributed by atoms with E-state index in [0.717, 1.165) is 5.56 Å². The van der Waals surface area contributed by atoms with Crippen LogP contribution in [0.2, 0.25) is 0 Å². The summed E-state index contributed by atoms with van der Waals surface area (Å²) in [5.74, 6) is 0.0990. The maximum absolute atomic E-state index is 12.7. The molecule has 2 aromatic rings. The van der Waals surface area contributed by atoms with Crippen LogP contribution in [0.15, 0.2) is 54.6 Å². The van der Waals surface area contributed by atoms with Crippen molar-refractivity contribution in [1.29, 1.82) is 0 Å². The Labute approximate surface area is 163 Å². The summed E-state index contributed by atoms with van der Waals surface area (Å²) >= 11 is 0. The fraction of sp³-hybridized carbons (Fsp3) is 0.286. The summed E-state index contributed by atoms with van der Waals surface area (Å²) in [6.45, 7) is 1.81. The van der Waals surface area contributed by atoms with E-state index >= 15 is 0 Å². The number of hydrogen-bond donors (Lipinski definition) is 2. The number of urea groups is 1. The Morgan fingerprint density at radius 3 is 2.64 bits per heavy atom. The van der Waals surface area contributed by atoms with Crippen molar-refractivity contribution < 1.29 is 19.1 Å². The maximum atomic E-state index is 12.7. The molecule has 0 aliphatic carbocycles.